The summed E-state index contributed by atoms with van der Waals surface area (Å²) < 4.78 is 5.23. The molecule has 0 aromatic rings. The Morgan fingerprint density at radius 1 is 0.811 bits per heavy atom. The fourth-order valence-electron chi connectivity index (χ4n) is 3.64. The van der Waals surface area contributed by atoms with Crippen LogP contribution in [0.4, 0.5) is 4.79 Å². The number of ether oxygens (including phenoxy) is 1. The zero-order chi connectivity index (χ0) is 27.6. The molecule has 12 nitrogen and oxygen atoms in total. The van der Waals surface area contributed by atoms with Gasteiger partial charge in [-0.05, 0) is 46.5 Å². The lowest BCUT2D eigenvalue weighted by atomic mass is 10.0. The first-order valence-electron chi connectivity index (χ1n) is 12.2. The minimum absolute atomic E-state index is 0.0439. The summed E-state index contributed by atoms with van der Waals surface area (Å²) in [7, 11) is 0. The van der Waals surface area contributed by atoms with Crippen molar-refractivity contribution >= 4 is 41.4 Å². The first kappa shape index (κ1) is 29.4. The molecule has 0 bridgehead atoms. The first-order valence-corrected chi connectivity index (χ1v) is 12.2. The van der Waals surface area contributed by atoms with Gasteiger partial charge in [0, 0.05) is 56.8 Å². The summed E-state index contributed by atoms with van der Waals surface area (Å²) in [6.45, 7) is 5.66. The van der Waals surface area contributed by atoms with E-state index in [1.54, 1.807) is 20.8 Å². The summed E-state index contributed by atoms with van der Waals surface area (Å²) in [6, 6.07) is -0.955. The molecule has 1 atom stereocenters. The molecule has 0 aliphatic carbocycles. The first-order chi connectivity index (χ1) is 17.4. The smallest absolute Gasteiger partial charge is 0.408 e. The highest BCUT2D eigenvalue weighted by atomic mass is 16.6. The molecule has 0 spiro atoms. The molecule has 37 heavy (non-hydrogen) atoms. The SMILES string of the molecule is CC(C)(C)OC(=O)N[C@@H](CCC(=O)NCCCN1C(=O)C=CC1=O)C(=O)CCCCN1C(=O)C=CC1=O. The van der Waals surface area contributed by atoms with Gasteiger partial charge in [-0.25, -0.2) is 4.79 Å². The van der Waals surface area contributed by atoms with Crippen molar-refractivity contribution in [2.75, 3.05) is 19.6 Å². The number of nitrogens with one attached hydrogen (secondary N) is 2. The van der Waals surface area contributed by atoms with Gasteiger partial charge in [-0.15, -0.1) is 0 Å². The number of carbonyl (C=O) groups excluding carboxylic acids is 7. The second-order valence-corrected chi connectivity index (χ2v) is 9.69. The van der Waals surface area contributed by atoms with Crippen LogP contribution in [-0.4, -0.2) is 82.5 Å². The number of ketones is 1. The van der Waals surface area contributed by atoms with Gasteiger partial charge in [0.15, 0.2) is 5.78 Å². The Labute approximate surface area is 215 Å². The van der Waals surface area contributed by atoms with E-state index in [2.05, 4.69) is 10.6 Å². The fourth-order valence-corrected chi connectivity index (χ4v) is 3.64. The van der Waals surface area contributed by atoms with E-state index in [-0.39, 0.29) is 74.2 Å². The van der Waals surface area contributed by atoms with Crippen molar-refractivity contribution in [3.8, 4) is 0 Å². The van der Waals surface area contributed by atoms with E-state index < -0.39 is 17.7 Å². The van der Waals surface area contributed by atoms with Crippen molar-refractivity contribution < 1.29 is 38.3 Å². The Bertz CT molecular complexity index is 959. The standard InChI is InChI=1S/C25H34N4O8/c1-25(2,3)37-24(36)27-17(18(30)7-4-5-15-28-20(32)10-11-21(28)33)8-9-19(31)26-14-6-16-29-22(34)12-13-23(29)35/h10-13,17H,4-9,14-16H2,1-3H3,(H,26,31)(H,27,36)/t17-/m0/s1. The average molecular weight is 519 g/mol. The summed E-state index contributed by atoms with van der Waals surface area (Å²) in [4.78, 5) is 85.8. The van der Waals surface area contributed by atoms with Gasteiger partial charge in [0.1, 0.15) is 5.60 Å². The second-order valence-electron chi connectivity index (χ2n) is 9.69. The lowest BCUT2D eigenvalue weighted by molar-refractivity contribution is -0.138. The van der Waals surface area contributed by atoms with Crippen LogP contribution in [0.1, 0.15) is 59.3 Å². The van der Waals surface area contributed by atoms with Crippen molar-refractivity contribution in [3.63, 3.8) is 0 Å². The van der Waals surface area contributed by atoms with Crippen molar-refractivity contribution in [3.05, 3.63) is 24.3 Å². The maximum Gasteiger partial charge on any atom is 0.408 e. The molecule has 0 saturated carbocycles. The average Bonchev–Trinajstić information content (AvgIpc) is 3.30. The van der Waals surface area contributed by atoms with E-state index in [1.807, 2.05) is 0 Å². The van der Waals surface area contributed by atoms with E-state index >= 15 is 0 Å². The monoisotopic (exact) mass is 518 g/mol. The predicted octanol–water partition coefficient (Wildman–Crippen LogP) is 0.756. The van der Waals surface area contributed by atoms with Gasteiger partial charge in [-0.1, -0.05) is 0 Å². The maximum atomic E-state index is 12.8. The molecule has 2 aliphatic rings. The van der Waals surface area contributed by atoms with E-state index in [0.29, 0.717) is 19.3 Å². The third-order valence-electron chi connectivity index (χ3n) is 5.48. The number of amides is 6. The van der Waals surface area contributed by atoms with Crippen LogP contribution in [0.25, 0.3) is 0 Å². The maximum absolute atomic E-state index is 12.8. The zero-order valence-electron chi connectivity index (χ0n) is 21.4. The molecule has 0 unspecified atom stereocenters. The van der Waals surface area contributed by atoms with Crippen molar-refractivity contribution in [2.45, 2.75) is 70.9 Å². The van der Waals surface area contributed by atoms with Gasteiger partial charge in [-0.3, -0.25) is 38.6 Å². The summed E-state index contributed by atoms with van der Waals surface area (Å²) in [5, 5.41) is 5.21. The van der Waals surface area contributed by atoms with Gasteiger partial charge in [-0.2, -0.15) is 0 Å². The predicted molar refractivity (Wildman–Crippen MR) is 131 cm³/mol. The number of rotatable bonds is 14. The Morgan fingerprint density at radius 3 is 1.84 bits per heavy atom. The number of Topliss-reactive ketones (excluding diaryl/α,β-unsaturated/α-hetero) is 1. The van der Waals surface area contributed by atoms with E-state index in [1.165, 1.54) is 24.3 Å². The number of unbranched alkanes of at least 4 members (excludes halogenated alkanes) is 1. The number of hydrogen-bond donors (Lipinski definition) is 2. The lowest BCUT2D eigenvalue weighted by Gasteiger charge is -2.23. The molecular weight excluding hydrogens is 484 g/mol. The molecule has 6 amide bonds. The zero-order valence-corrected chi connectivity index (χ0v) is 21.4. The summed E-state index contributed by atoms with van der Waals surface area (Å²) in [5.74, 6) is -2.19. The Balaban J connectivity index is 1.78. The van der Waals surface area contributed by atoms with Gasteiger partial charge in [0.2, 0.25) is 5.91 Å². The largest absolute Gasteiger partial charge is 0.444 e. The minimum Gasteiger partial charge on any atom is -0.444 e. The molecule has 0 aromatic heterocycles. The van der Waals surface area contributed by atoms with Crippen LogP contribution in [0.2, 0.25) is 0 Å². The molecule has 202 valence electrons. The second kappa shape index (κ2) is 13.5. The number of nitrogens with zero attached hydrogens (tertiary/aromatic N) is 2. The van der Waals surface area contributed by atoms with E-state index in [4.69, 9.17) is 4.74 Å². The van der Waals surface area contributed by atoms with Crippen LogP contribution in [0.3, 0.4) is 0 Å². The molecule has 0 saturated heterocycles. The third-order valence-corrected chi connectivity index (χ3v) is 5.48. The molecule has 2 rings (SSSR count). The summed E-state index contributed by atoms with van der Waals surface area (Å²) in [5.41, 5.74) is -0.772. The molecule has 0 radical (unpaired) electrons. The Hall–Kier alpha value is -3.83. The third kappa shape index (κ3) is 9.98. The number of alkyl carbamates (subject to hydrolysis) is 1. The topological polar surface area (TPSA) is 159 Å². The van der Waals surface area contributed by atoms with Crippen LogP contribution >= 0.6 is 0 Å². The molecular formula is C25H34N4O8. The summed E-state index contributed by atoms with van der Waals surface area (Å²) >= 11 is 0. The minimum atomic E-state index is -0.955. The van der Waals surface area contributed by atoms with Crippen LogP contribution in [-0.2, 0) is 33.5 Å². The normalized spacial score (nSPS) is 16.0. The highest BCUT2D eigenvalue weighted by Gasteiger charge is 2.26. The Kier molecular flexibility index (Phi) is 10.7. The van der Waals surface area contributed by atoms with Gasteiger partial charge >= 0.3 is 6.09 Å². The van der Waals surface area contributed by atoms with Gasteiger partial charge in [0.25, 0.3) is 23.6 Å². The van der Waals surface area contributed by atoms with Crippen LogP contribution in [0.5, 0.6) is 0 Å². The fraction of sp³-hybridized carbons (Fsp3) is 0.560. The van der Waals surface area contributed by atoms with Crippen molar-refractivity contribution in [1.82, 2.24) is 20.4 Å². The van der Waals surface area contributed by atoms with Crippen molar-refractivity contribution in [2.24, 2.45) is 0 Å². The highest BCUT2D eigenvalue weighted by Crippen LogP contribution is 2.12. The van der Waals surface area contributed by atoms with Crippen LogP contribution in [0.15, 0.2) is 24.3 Å². The van der Waals surface area contributed by atoms with Gasteiger partial charge in [0.05, 0.1) is 6.04 Å². The van der Waals surface area contributed by atoms with Crippen molar-refractivity contribution in [1.29, 1.82) is 0 Å². The van der Waals surface area contributed by atoms with Gasteiger partial charge < -0.3 is 15.4 Å². The summed E-state index contributed by atoms with van der Waals surface area (Å²) in [6.07, 6.45) is 5.26. The highest BCUT2D eigenvalue weighted by molar-refractivity contribution is 6.13. The Morgan fingerprint density at radius 2 is 1.32 bits per heavy atom. The molecule has 2 aliphatic heterocycles. The molecule has 0 aromatic carbocycles. The molecule has 2 N–H and O–H groups in total. The lowest BCUT2D eigenvalue weighted by Crippen LogP contribution is -2.44. The van der Waals surface area contributed by atoms with Crippen LogP contribution < -0.4 is 10.6 Å². The number of imide groups is 2. The molecule has 12 heteroatoms. The number of carbonyl (C=O) groups is 7. The van der Waals surface area contributed by atoms with Crippen LogP contribution in [0, 0.1) is 0 Å². The van der Waals surface area contributed by atoms with E-state index in [0.717, 1.165) is 9.80 Å². The van der Waals surface area contributed by atoms with E-state index in [9.17, 15) is 33.6 Å². The quantitative estimate of drug-likeness (QED) is 0.252. The number of hydrogen-bond acceptors (Lipinski definition) is 8. The molecule has 2 heterocycles. The molecule has 0 fully saturated rings.